The van der Waals surface area contributed by atoms with Crippen LogP contribution in [0.3, 0.4) is 0 Å². The Morgan fingerprint density at radius 2 is 1.88 bits per heavy atom. The number of rotatable bonds is 3. The van der Waals surface area contributed by atoms with Gasteiger partial charge in [-0.1, -0.05) is 11.6 Å². The number of piperidine rings is 1. The third-order valence-corrected chi connectivity index (χ3v) is 6.75. The lowest BCUT2D eigenvalue weighted by molar-refractivity contribution is -0.190. The zero-order valence-electron chi connectivity index (χ0n) is 17.2. The molecule has 3 aromatic rings. The lowest BCUT2D eigenvalue weighted by Gasteiger charge is -2.39. The van der Waals surface area contributed by atoms with Crippen LogP contribution in [0.25, 0.3) is 11.0 Å². The molecule has 11 heteroatoms. The van der Waals surface area contributed by atoms with E-state index in [0.717, 1.165) is 10.3 Å². The number of carbonyl (C=O) groups is 1. The number of halogens is 4. The van der Waals surface area contributed by atoms with E-state index in [-0.39, 0.29) is 6.04 Å². The molecule has 170 valence electrons. The Labute approximate surface area is 191 Å². The fraction of sp³-hybridized carbons (Fsp3) is 0.364. The molecule has 2 atom stereocenters. The van der Waals surface area contributed by atoms with Gasteiger partial charge in [-0.3, -0.25) is 4.79 Å². The highest BCUT2D eigenvalue weighted by Crippen LogP contribution is 2.43. The van der Waals surface area contributed by atoms with Crippen LogP contribution in [0, 0.1) is 11.3 Å². The van der Waals surface area contributed by atoms with Crippen molar-refractivity contribution in [1.29, 1.82) is 5.26 Å². The van der Waals surface area contributed by atoms with Crippen LogP contribution in [0.5, 0.6) is 0 Å². The molecule has 2 aromatic heterocycles. The SMILES string of the molecule is N#Cc1ccc(Nc2ncnc3c2ccn3C2C[C@@H]3CC[C@@H](C2)N3C(=O)C(F)(F)F)c(Cl)c1. The number of nitriles is 1. The average molecular weight is 475 g/mol. The minimum atomic E-state index is -4.85. The van der Waals surface area contributed by atoms with Gasteiger partial charge in [0.05, 0.1) is 27.7 Å². The molecule has 7 nitrogen and oxygen atoms in total. The second-order valence-corrected chi connectivity index (χ2v) is 8.74. The summed E-state index contributed by atoms with van der Waals surface area (Å²) >= 11 is 6.27. The summed E-state index contributed by atoms with van der Waals surface area (Å²) in [4.78, 5) is 21.7. The summed E-state index contributed by atoms with van der Waals surface area (Å²) in [5.41, 5.74) is 1.67. The van der Waals surface area contributed by atoms with Crippen molar-refractivity contribution in [2.24, 2.45) is 0 Å². The lowest BCUT2D eigenvalue weighted by Crippen LogP contribution is -2.51. The predicted molar refractivity (Wildman–Crippen MR) is 115 cm³/mol. The van der Waals surface area contributed by atoms with Crippen LogP contribution in [-0.2, 0) is 4.79 Å². The monoisotopic (exact) mass is 474 g/mol. The normalized spacial score (nSPS) is 22.4. The fourth-order valence-electron chi connectivity index (χ4n) is 5.03. The van der Waals surface area contributed by atoms with Crippen molar-refractivity contribution in [3.8, 4) is 6.07 Å². The summed E-state index contributed by atoms with van der Waals surface area (Å²) in [7, 11) is 0. The van der Waals surface area contributed by atoms with Gasteiger partial charge in [-0.15, -0.1) is 0 Å². The number of anilines is 2. The smallest absolute Gasteiger partial charge is 0.338 e. The van der Waals surface area contributed by atoms with Gasteiger partial charge in [-0.05, 0) is 49.9 Å². The summed E-state index contributed by atoms with van der Waals surface area (Å²) in [6.07, 6.45) is 0.440. The standard InChI is InChI=1S/C22H18ClF3N6O/c23-17-7-12(10-27)1-4-18(17)30-19-16-5-6-31(20(16)29-11-28-19)15-8-13-2-3-14(9-15)32(13)21(33)22(24,25)26/h1,4-7,11,13-15H,2-3,8-9H2,(H,28,29,30)/t13-,14-/m0/s1. The van der Waals surface area contributed by atoms with E-state index in [1.807, 2.05) is 22.9 Å². The van der Waals surface area contributed by atoms with Crippen molar-refractivity contribution >= 4 is 40.0 Å². The highest BCUT2D eigenvalue weighted by Gasteiger charge is 2.52. The van der Waals surface area contributed by atoms with E-state index in [2.05, 4.69) is 15.3 Å². The van der Waals surface area contributed by atoms with Crippen molar-refractivity contribution in [3.05, 3.63) is 47.4 Å². The largest absolute Gasteiger partial charge is 0.471 e. The molecule has 0 aliphatic carbocycles. The molecule has 1 amide bonds. The van der Waals surface area contributed by atoms with Crippen LogP contribution < -0.4 is 5.32 Å². The van der Waals surface area contributed by atoms with E-state index in [0.29, 0.717) is 53.4 Å². The maximum absolute atomic E-state index is 13.0. The Bertz CT molecular complexity index is 1270. The van der Waals surface area contributed by atoms with Gasteiger partial charge in [0.15, 0.2) is 0 Å². The minimum absolute atomic E-state index is 0.0708. The molecule has 2 saturated heterocycles. The van der Waals surface area contributed by atoms with Gasteiger partial charge in [0.25, 0.3) is 0 Å². The molecule has 0 unspecified atom stereocenters. The molecule has 2 aliphatic heterocycles. The first-order chi connectivity index (χ1) is 15.8. The van der Waals surface area contributed by atoms with Gasteiger partial charge in [0.2, 0.25) is 0 Å². The second-order valence-electron chi connectivity index (χ2n) is 8.33. The van der Waals surface area contributed by atoms with Crippen LogP contribution in [0.2, 0.25) is 5.02 Å². The topological polar surface area (TPSA) is 86.8 Å². The zero-order valence-corrected chi connectivity index (χ0v) is 17.9. The molecule has 2 fully saturated rings. The summed E-state index contributed by atoms with van der Waals surface area (Å²) in [5, 5.41) is 13.3. The number of carbonyl (C=O) groups excluding carboxylic acids is 1. The van der Waals surface area contributed by atoms with E-state index in [9.17, 15) is 18.0 Å². The molecule has 1 aromatic carbocycles. The number of fused-ring (bicyclic) bond motifs is 3. The van der Waals surface area contributed by atoms with Gasteiger partial charge in [0, 0.05) is 24.3 Å². The first-order valence-corrected chi connectivity index (χ1v) is 10.8. The van der Waals surface area contributed by atoms with E-state index in [1.54, 1.807) is 18.2 Å². The molecule has 4 heterocycles. The number of nitrogens with zero attached hydrogens (tertiary/aromatic N) is 5. The molecular weight excluding hydrogens is 457 g/mol. The van der Waals surface area contributed by atoms with E-state index in [1.165, 1.54) is 6.33 Å². The fourth-order valence-corrected chi connectivity index (χ4v) is 5.26. The van der Waals surface area contributed by atoms with Crippen molar-refractivity contribution in [3.63, 3.8) is 0 Å². The molecular formula is C22H18ClF3N6O. The first-order valence-electron chi connectivity index (χ1n) is 10.4. The summed E-state index contributed by atoms with van der Waals surface area (Å²) in [5.74, 6) is -1.21. The third kappa shape index (κ3) is 3.76. The van der Waals surface area contributed by atoms with E-state index < -0.39 is 24.2 Å². The van der Waals surface area contributed by atoms with Gasteiger partial charge >= 0.3 is 12.1 Å². The van der Waals surface area contributed by atoms with Crippen molar-refractivity contribution in [2.75, 3.05) is 5.32 Å². The first kappa shape index (κ1) is 21.5. The summed E-state index contributed by atoms with van der Waals surface area (Å²) < 4.78 is 41.1. The highest BCUT2D eigenvalue weighted by atomic mass is 35.5. The number of amides is 1. The Hall–Kier alpha value is -3.32. The maximum atomic E-state index is 13.0. The minimum Gasteiger partial charge on any atom is -0.338 e. The Balaban J connectivity index is 1.42. The summed E-state index contributed by atoms with van der Waals surface area (Å²) in [6, 6.07) is 7.83. The molecule has 2 aliphatic rings. The number of alkyl halides is 3. The lowest BCUT2D eigenvalue weighted by atomic mass is 9.97. The molecule has 33 heavy (non-hydrogen) atoms. The van der Waals surface area contributed by atoms with Crippen molar-refractivity contribution in [1.82, 2.24) is 19.4 Å². The van der Waals surface area contributed by atoms with E-state index in [4.69, 9.17) is 16.9 Å². The zero-order chi connectivity index (χ0) is 23.3. The van der Waals surface area contributed by atoms with Gasteiger partial charge < -0.3 is 14.8 Å². The van der Waals surface area contributed by atoms with E-state index >= 15 is 0 Å². The van der Waals surface area contributed by atoms with Crippen LogP contribution >= 0.6 is 11.6 Å². The number of benzene rings is 1. The number of nitrogens with one attached hydrogen (secondary N) is 1. The Kier molecular flexibility index (Phi) is 5.16. The van der Waals surface area contributed by atoms with Crippen LogP contribution in [0.15, 0.2) is 36.8 Å². The maximum Gasteiger partial charge on any atom is 0.471 e. The molecule has 0 spiro atoms. The van der Waals surface area contributed by atoms with Crippen LogP contribution in [0.1, 0.15) is 37.3 Å². The number of hydrogen-bond donors (Lipinski definition) is 1. The van der Waals surface area contributed by atoms with Crippen molar-refractivity contribution in [2.45, 2.75) is 50.0 Å². The van der Waals surface area contributed by atoms with Gasteiger partial charge in [0.1, 0.15) is 17.8 Å². The van der Waals surface area contributed by atoms with Crippen molar-refractivity contribution < 1.29 is 18.0 Å². The second kappa shape index (κ2) is 7.92. The Morgan fingerprint density at radius 1 is 1.15 bits per heavy atom. The molecule has 0 radical (unpaired) electrons. The molecule has 1 N–H and O–H groups in total. The third-order valence-electron chi connectivity index (χ3n) is 6.44. The van der Waals surface area contributed by atoms with Gasteiger partial charge in [-0.25, -0.2) is 9.97 Å². The summed E-state index contributed by atoms with van der Waals surface area (Å²) in [6.45, 7) is 0. The van der Waals surface area contributed by atoms with Crippen LogP contribution in [-0.4, -0.2) is 43.6 Å². The van der Waals surface area contributed by atoms with Crippen LogP contribution in [0.4, 0.5) is 24.7 Å². The average Bonchev–Trinajstić information content (AvgIpc) is 3.32. The molecule has 5 rings (SSSR count). The number of aromatic nitrogens is 3. The predicted octanol–water partition coefficient (Wildman–Crippen LogP) is 4.96. The Morgan fingerprint density at radius 3 is 2.52 bits per heavy atom. The van der Waals surface area contributed by atoms with Gasteiger partial charge in [-0.2, -0.15) is 18.4 Å². The number of hydrogen-bond acceptors (Lipinski definition) is 5. The highest BCUT2D eigenvalue weighted by molar-refractivity contribution is 6.33. The quantitative estimate of drug-likeness (QED) is 0.580. The molecule has 0 saturated carbocycles. The molecule has 2 bridgehead atoms.